The number of nitrogens with two attached hydrogens (primary N) is 1. The van der Waals surface area contributed by atoms with Crippen LogP contribution in [0.5, 0.6) is 0 Å². The highest BCUT2D eigenvalue weighted by Gasteiger charge is 2.23. The van der Waals surface area contributed by atoms with Gasteiger partial charge in [-0.3, -0.25) is 14.0 Å². The van der Waals surface area contributed by atoms with E-state index in [1.54, 1.807) is 18.5 Å². The van der Waals surface area contributed by atoms with Gasteiger partial charge in [0.25, 0.3) is 0 Å². The van der Waals surface area contributed by atoms with Crippen molar-refractivity contribution >= 4 is 29.4 Å². The molecule has 0 aliphatic rings. The molecule has 0 fully saturated rings. The van der Waals surface area contributed by atoms with Crippen molar-refractivity contribution in [3.8, 4) is 6.07 Å². The van der Waals surface area contributed by atoms with Crippen LogP contribution in [0.25, 0.3) is 0 Å². The van der Waals surface area contributed by atoms with E-state index >= 15 is 0 Å². The van der Waals surface area contributed by atoms with Gasteiger partial charge < -0.3 is 11.1 Å². The number of rotatable bonds is 5. The lowest BCUT2D eigenvalue weighted by molar-refractivity contribution is -0.119. The quantitative estimate of drug-likeness (QED) is 0.779. The van der Waals surface area contributed by atoms with Gasteiger partial charge in [0, 0.05) is 7.05 Å². The third kappa shape index (κ3) is 2.89. The number of aryl methyl sites for hydroxylation is 1. The summed E-state index contributed by atoms with van der Waals surface area (Å²) < 4.78 is 2.99. The number of carbonyl (C=O) groups excluding carboxylic acids is 1. The van der Waals surface area contributed by atoms with Crippen LogP contribution in [-0.2, 0) is 11.8 Å². The number of amides is 1. The molecular weight excluding hydrogens is 304 g/mol. The molecule has 3 N–H and O–H groups in total. The monoisotopic (exact) mass is 320 g/mol. The average Bonchev–Trinajstić information content (AvgIpc) is 3.03. The van der Waals surface area contributed by atoms with E-state index in [1.807, 2.05) is 13.0 Å². The Hall–Kier alpha value is -2.54. The Morgan fingerprint density at radius 2 is 2.32 bits per heavy atom. The molecule has 2 heterocycles. The van der Waals surface area contributed by atoms with Gasteiger partial charge in [0.05, 0.1) is 6.20 Å². The van der Waals surface area contributed by atoms with Crippen LogP contribution in [0.2, 0.25) is 0 Å². The van der Waals surface area contributed by atoms with E-state index in [2.05, 4.69) is 20.6 Å². The maximum Gasteiger partial charge on any atom is 0.248 e. The molecule has 2 aromatic rings. The van der Waals surface area contributed by atoms with Crippen LogP contribution in [0.4, 0.5) is 11.8 Å². The van der Waals surface area contributed by atoms with Crippen LogP contribution in [0.1, 0.15) is 25.5 Å². The Morgan fingerprint density at radius 3 is 2.95 bits per heavy atom. The SMILES string of the molecule is CCSc1nnc(N)n1C(C)C(=O)Nc1c(C#N)cnn1C. The summed E-state index contributed by atoms with van der Waals surface area (Å²) in [6.45, 7) is 3.66. The van der Waals surface area contributed by atoms with Crippen molar-refractivity contribution in [2.24, 2.45) is 7.05 Å². The summed E-state index contributed by atoms with van der Waals surface area (Å²) in [6.07, 6.45) is 1.39. The highest BCUT2D eigenvalue weighted by molar-refractivity contribution is 7.99. The predicted molar refractivity (Wildman–Crippen MR) is 82.1 cm³/mol. The Kier molecular flexibility index (Phi) is 4.67. The zero-order valence-corrected chi connectivity index (χ0v) is 13.3. The van der Waals surface area contributed by atoms with E-state index in [0.29, 0.717) is 16.5 Å². The maximum absolute atomic E-state index is 12.4. The van der Waals surface area contributed by atoms with Gasteiger partial charge in [0.2, 0.25) is 11.9 Å². The first-order valence-electron chi connectivity index (χ1n) is 6.55. The minimum absolute atomic E-state index is 0.170. The molecule has 9 nitrogen and oxygen atoms in total. The summed E-state index contributed by atoms with van der Waals surface area (Å²) in [4.78, 5) is 12.4. The molecule has 0 saturated carbocycles. The van der Waals surface area contributed by atoms with Crippen LogP contribution in [0, 0.1) is 11.3 Å². The molecule has 1 atom stereocenters. The Morgan fingerprint density at radius 1 is 1.59 bits per heavy atom. The summed E-state index contributed by atoms with van der Waals surface area (Å²) >= 11 is 1.45. The normalized spacial score (nSPS) is 11.9. The highest BCUT2D eigenvalue weighted by Crippen LogP contribution is 2.24. The molecule has 0 bridgehead atoms. The number of nitrogens with zero attached hydrogens (tertiary/aromatic N) is 6. The number of carbonyl (C=O) groups is 1. The largest absolute Gasteiger partial charge is 0.368 e. The van der Waals surface area contributed by atoms with Crippen molar-refractivity contribution in [1.82, 2.24) is 24.5 Å². The number of hydrogen-bond acceptors (Lipinski definition) is 7. The summed E-state index contributed by atoms with van der Waals surface area (Å²) in [7, 11) is 1.65. The van der Waals surface area contributed by atoms with E-state index in [-0.39, 0.29) is 11.9 Å². The topological polar surface area (TPSA) is 127 Å². The lowest BCUT2D eigenvalue weighted by atomic mass is 10.3. The van der Waals surface area contributed by atoms with Crippen molar-refractivity contribution < 1.29 is 4.79 Å². The zero-order valence-electron chi connectivity index (χ0n) is 12.4. The maximum atomic E-state index is 12.4. The second-order valence-corrected chi connectivity index (χ2v) is 5.68. The lowest BCUT2D eigenvalue weighted by Gasteiger charge is -2.16. The van der Waals surface area contributed by atoms with Gasteiger partial charge in [-0.05, 0) is 12.7 Å². The smallest absolute Gasteiger partial charge is 0.248 e. The minimum Gasteiger partial charge on any atom is -0.368 e. The molecule has 2 rings (SSSR count). The first-order valence-corrected chi connectivity index (χ1v) is 7.54. The molecule has 10 heteroatoms. The van der Waals surface area contributed by atoms with Gasteiger partial charge in [0.1, 0.15) is 23.5 Å². The molecular formula is C12H16N8OS. The molecule has 1 amide bonds. The Labute approximate surface area is 131 Å². The fourth-order valence-electron chi connectivity index (χ4n) is 1.89. The van der Waals surface area contributed by atoms with Gasteiger partial charge in [-0.2, -0.15) is 10.4 Å². The predicted octanol–water partition coefficient (Wildman–Crippen LogP) is 0.777. The second-order valence-electron chi connectivity index (χ2n) is 4.45. The second kappa shape index (κ2) is 6.48. The number of hydrogen-bond donors (Lipinski definition) is 2. The number of anilines is 2. The van der Waals surface area contributed by atoms with Gasteiger partial charge >= 0.3 is 0 Å². The standard InChI is InChI=1S/C12H16N8OS/c1-4-22-12-18-17-11(14)20(12)7(2)10(21)16-9-8(5-13)6-15-19(9)3/h6-7H,4H2,1-3H3,(H2,14,17)(H,16,21). The molecule has 2 aromatic heterocycles. The fraction of sp³-hybridized carbons (Fsp3) is 0.417. The van der Waals surface area contributed by atoms with E-state index in [1.165, 1.54) is 22.6 Å². The van der Waals surface area contributed by atoms with Crippen LogP contribution in [-0.4, -0.2) is 36.2 Å². The third-order valence-corrected chi connectivity index (χ3v) is 3.86. The van der Waals surface area contributed by atoms with Gasteiger partial charge in [-0.15, -0.1) is 10.2 Å². The van der Waals surface area contributed by atoms with Crippen molar-refractivity contribution in [3.63, 3.8) is 0 Å². The molecule has 116 valence electrons. The molecule has 22 heavy (non-hydrogen) atoms. The van der Waals surface area contributed by atoms with Crippen LogP contribution in [0.3, 0.4) is 0 Å². The Bertz CT molecular complexity index is 728. The molecule has 1 unspecified atom stereocenters. The summed E-state index contributed by atoms with van der Waals surface area (Å²) in [5.41, 5.74) is 6.09. The number of aromatic nitrogens is 5. The average molecular weight is 320 g/mol. The van der Waals surface area contributed by atoms with E-state index in [0.717, 1.165) is 5.75 Å². The van der Waals surface area contributed by atoms with E-state index in [4.69, 9.17) is 11.0 Å². The molecule has 0 aliphatic carbocycles. The van der Waals surface area contributed by atoms with E-state index in [9.17, 15) is 4.79 Å². The first kappa shape index (κ1) is 15.8. The zero-order chi connectivity index (χ0) is 16.3. The number of nitrogens with one attached hydrogen (secondary N) is 1. The summed E-state index contributed by atoms with van der Waals surface area (Å²) in [5, 5.41) is 24.0. The summed E-state index contributed by atoms with van der Waals surface area (Å²) in [6, 6.07) is 1.36. The lowest BCUT2D eigenvalue weighted by Crippen LogP contribution is -2.26. The van der Waals surface area contributed by atoms with Crippen LogP contribution >= 0.6 is 11.8 Å². The number of thioether (sulfide) groups is 1. The van der Waals surface area contributed by atoms with Crippen molar-refractivity contribution in [2.45, 2.75) is 25.0 Å². The van der Waals surface area contributed by atoms with Crippen molar-refractivity contribution in [2.75, 3.05) is 16.8 Å². The number of nitriles is 1. The molecule has 0 spiro atoms. The fourth-order valence-corrected chi connectivity index (χ4v) is 2.63. The van der Waals surface area contributed by atoms with Crippen molar-refractivity contribution in [1.29, 1.82) is 5.26 Å². The van der Waals surface area contributed by atoms with Crippen molar-refractivity contribution in [3.05, 3.63) is 11.8 Å². The number of nitrogen functional groups attached to an aromatic ring is 1. The van der Waals surface area contributed by atoms with Crippen LogP contribution < -0.4 is 11.1 Å². The summed E-state index contributed by atoms with van der Waals surface area (Å²) in [5.74, 6) is 0.969. The van der Waals surface area contributed by atoms with Gasteiger partial charge in [-0.25, -0.2) is 0 Å². The Balaban J connectivity index is 2.25. The first-order chi connectivity index (χ1) is 10.5. The van der Waals surface area contributed by atoms with E-state index < -0.39 is 6.04 Å². The van der Waals surface area contributed by atoms with Crippen LogP contribution in [0.15, 0.2) is 11.4 Å². The molecule has 0 radical (unpaired) electrons. The van der Waals surface area contributed by atoms with Gasteiger partial charge in [-0.1, -0.05) is 18.7 Å². The molecule has 0 saturated heterocycles. The molecule has 0 aliphatic heterocycles. The highest BCUT2D eigenvalue weighted by atomic mass is 32.2. The molecule has 0 aromatic carbocycles. The third-order valence-electron chi connectivity index (χ3n) is 3.03. The minimum atomic E-state index is -0.620. The van der Waals surface area contributed by atoms with Gasteiger partial charge in [0.15, 0.2) is 5.16 Å².